The van der Waals surface area contributed by atoms with Crippen LogP contribution >= 0.6 is 0 Å². The lowest BCUT2D eigenvalue weighted by Crippen LogP contribution is -2.46. The minimum absolute atomic E-state index is 0.0191. The average molecular weight is 332 g/mol. The molecule has 24 heavy (non-hydrogen) atoms. The third-order valence-electron chi connectivity index (χ3n) is 4.95. The molecule has 5 nitrogen and oxygen atoms in total. The second-order valence-electron chi connectivity index (χ2n) is 7.03. The van der Waals surface area contributed by atoms with Crippen molar-refractivity contribution in [1.82, 2.24) is 4.90 Å². The van der Waals surface area contributed by atoms with Crippen LogP contribution in [-0.2, 0) is 20.8 Å². The lowest BCUT2D eigenvalue weighted by Gasteiger charge is -2.38. The fourth-order valence-corrected chi connectivity index (χ4v) is 3.90. The Morgan fingerprint density at radius 3 is 2.62 bits per heavy atom. The maximum absolute atomic E-state index is 11.7. The van der Waals surface area contributed by atoms with Crippen molar-refractivity contribution in [3.8, 4) is 0 Å². The highest BCUT2D eigenvalue weighted by molar-refractivity contribution is 5.72. The van der Waals surface area contributed by atoms with Gasteiger partial charge in [0.15, 0.2) is 0 Å². The summed E-state index contributed by atoms with van der Waals surface area (Å²) in [6.07, 6.45) is 1.38. The number of carbonyl (C=O) groups is 1. The normalized spacial score (nSPS) is 28.1. The van der Waals surface area contributed by atoms with Crippen molar-refractivity contribution < 1.29 is 14.3 Å². The Morgan fingerprint density at radius 2 is 1.92 bits per heavy atom. The molecule has 1 aromatic carbocycles. The first-order chi connectivity index (χ1) is 11.6. The molecule has 0 bridgehead atoms. The molecule has 2 saturated heterocycles. The predicted octanol–water partition coefficient (Wildman–Crippen LogP) is 2.30. The van der Waals surface area contributed by atoms with E-state index in [1.165, 1.54) is 18.4 Å². The van der Waals surface area contributed by atoms with E-state index in [0.29, 0.717) is 0 Å². The number of nitrogens with zero attached hydrogens (tertiary/aromatic N) is 2. The Morgan fingerprint density at radius 1 is 1.21 bits per heavy atom. The van der Waals surface area contributed by atoms with Gasteiger partial charge in [-0.25, -0.2) is 0 Å². The van der Waals surface area contributed by atoms with E-state index in [2.05, 4.69) is 47.9 Å². The number of carbonyl (C=O) groups excluding carboxylic acids is 1. The van der Waals surface area contributed by atoms with Crippen molar-refractivity contribution in [2.75, 3.05) is 38.2 Å². The van der Waals surface area contributed by atoms with Gasteiger partial charge in [-0.15, -0.1) is 0 Å². The molecule has 0 aliphatic carbocycles. The van der Waals surface area contributed by atoms with E-state index in [9.17, 15) is 4.79 Å². The largest absolute Gasteiger partial charge is 0.469 e. The highest BCUT2D eigenvalue weighted by atomic mass is 16.5. The highest BCUT2D eigenvalue weighted by Gasteiger charge is 2.30. The van der Waals surface area contributed by atoms with E-state index in [1.54, 1.807) is 0 Å². The van der Waals surface area contributed by atoms with Crippen LogP contribution in [-0.4, -0.2) is 56.4 Å². The summed E-state index contributed by atoms with van der Waals surface area (Å²) in [5, 5.41) is 0. The minimum Gasteiger partial charge on any atom is -0.469 e. The molecule has 0 aromatic heterocycles. The van der Waals surface area contributed by atoms with E-state index in [0.717, 1.165) is 39.1 Å². The summed E-state index contributed by atoms with van der Waals surface area (Å²) in [5.74, 6) is -0.0628. The molecule has 2 heterocycles. The molecule has 2 aliphatic heterocycles. The molecule has 1 aromatic rings. The van der Waals surface area contributed by atoms with Gasteiger partial charge in [0, 0.05) is 31.9 Å². The van der Waals surface area contributed by atoms with E-state index >= 15 is 0 Å². The summed E-state index contributed by atoms with van der Waals surface area (Å²) in [4.78, 5) is 16.5. The van der Waals surface area contributed by atoms with Crippen LogP contribution in [0, 0.1) is 5.92 Å². The number of esters is 1. The Bertz CT molecular complexity index is 567. The molecular weight excluding hydrogens is 304 g/mol. The lowest BCUT2D eigenvalue weighted by atomic mass is 10.1. The van der Waals surface area contributed by atoms with Gasteiger partial charge < -0.3 is 14.4 Å². The van der Waals surface area contributed by atoms with E-state index in [4.69, 9.17) is 9.47 Å². The number of morpholine rings is 1. The van der Waals surface area contributed by atoms with Gasteiger partial charge in [0.2, 0.25) is 0 Å². The van der Waals surface area contributed by atoms with Gasteiger partial charge in [0.25, 0.3) is 0 Å². The molecular formula is C19H28N2O3. The Labute approximate surface area is 144 Å². The highest BCUT2D eigenvalue weighted by Crippen LogP contribution is 2.27. The average Bonchev–Trinajstić information content (AvgIpc) is 3.02. The predicted molar refractivity (Wildman–Crippen MR) is 94.1 cm³/mol. The SMILES string of the molecule is COC(=O)[C@@H]1CCN(Cc2ccccc2N2C[C@H](C)O[C@@H](C)C2)C1. The number of ether oxygens (including phenoxy) is 2. The molecule has 2 fully saturated rings. The summed E-state index contributed by atoms with van der Waals surface area (Å²) >= 11 is 0. The van der Waals surface area contributed by atoms with Gasteiger partial charge in [-0.3, -0.25) is 9.69 Å². The molecule has 2 aliphatic rings. The number of hydrogen-bond acceptors (Lipinski definition) is 5. The molecule has 0 unspecified atom stereocenters. The Balaban J connectivity index is 1.70. The number of para-hydroxylation sites is 1. The van der Waals surface area contributed by atoms with Gasteiger partial charge in [-0.1, -0.05) is 18.2 Å². The standard InChI is InChI=1S/C19H28N2O3/c1-14-10-21(11-15(2)24-14)18-7-5-4-6-16(18)12-20-9-8-17(13-20)19(22)23-3/h4-7,14-15,17H,8-13H2,1-3H3/t14-,15-,17+/m0/s1. The van der Waals surface area contributed by atoms with Gasteiger partial charge >= 0.3 is 5.97 Å². The smallest absolute Gasteiger partial charge is 0.310 e. The number of benzene rings is 1. The van der Waals surface area contributed by atoms with Crippen LogP contribution in [0.1, 0.15) is 25.8 Å². The van der Waals surface area contributed by atoms with Crippen LogP contribution < -0.4 is 4.90 Å². The van der Waals surface area contributed by atoms with Crippen LogP contribution in [0.2, 0.25) is 0 Å². The quantitative estimate of drug-likeness (QED) is 0.792. The summed E-state index contributed by atoms with van der Waals surface area (Å²) in [7, 11) is 1.47. The zero-order chi connectivity index (χ0) is 17.1. The summed E-state index contributed by atoms with van der Waals surface area (Å²) in [6, 6.07) is 8.60. The van der Waals surface area contributed by atoms with E-state index in [1.807, 2.05) is 0 Å². The van der Waals surface area contributed by atoms with Crippen molar-refractivity contribution >= 4 is 11.7 Å². The molecule has 3 atom stereocenters. The lowest BCUT2D eigenvalue weighted by molar-refractivity contribution is -0.144. The molecule has 0 N–H and O–H groups in total. The fourth-order valence-electron chi connectivity index (χ4n) is 3.90. The van der Waals surface area contributed by atoms with Crippen LogP contribution in [0.15, 0.2) is 24.3 Å². The maximum Gasteiger partial charge on any atom is 0.310 e. The summed E-state index contributed by atoms with van der Waals surface area (Å²) in [5.41, 5.74) is 2.62. The number of rotatable bonds is 4. The van der Waals surface area contributed by atoms with Gasteiger partial charge in [-0.05, 0) is 38.4 Å². The second-order valence-corrected chi connectivity index (χ2v) is 7.03. The van der Waals surface area contributed by atoms with Crippen molar-refractivity contribution in [3.05, 3.63) is 29.8 Å². The van der Waals surface area contributed by atoms with Gasteiger partial charge in [0.05, 0.1) is 25.2 Å². The maximum atomic E-state index is 11.7. The molecule has 0 spiro atoms. The first-order valence-corrected chi connectivity index (χ1v) is 8.85. The molecule has 132 valence electrons. The van der Waals surface area contributed by atoms with Gasteiger partial charge in [0.1, 0.15) is 0 Å². The monoisotopic (exact) mass is 332 g/mol. The first kappa shape index (κ1) is 17.2. The van der Waals surface area contributed by atoms with Crippen LogP contribution in [0.5, 0.6) is 0 Å². The zero-order valence-electron chi connectivity index (χ0n) is 14.9. The van der Waals surface area contributed by atoms with Crippen LogP contribution in [0.3, 0.4) is 0 Å². The molecule has 0 amide bonds. The molecule has 3 rings (SSSR count). The van der Waals surface area contributed by atoms with Crippen molar-refractivity contribution in [2.45, 2.75) is 39.0 Å². The van der Waals surface area contributed by atoms with Crippen LogP contribution in [0.4, 0.5) is 5.69 Å². The van der Waals surface area contributed by atoms with E-state index < -0.39 is 0 Å². The van der Waals surface area contributed by atoms with Crippen molar-refractivity contribution in [3.63, 3.8) is 0 Å². The summed E-state index contributed by atoms with van der Waals surface area (Å²) in [6.45, 7) is 8.72. The van der Waals surface area contributed by atoms with Crippen molar-refractivity contribution in [1.29, 1.82) is 0 Å². The summed E-state index contributed by atoms with van der Waals surface area (Å²) < 4.78 is 10.7. The zero-order valence-corrected chi connectivity index (χ0v) is 14.9. The van der Waals surface area contributed by atoms with Crippen LogP contribution in [0.25, 0.3) is 0 Å². The van der Waals surface area contributed by atoms with Crippen molar-refractivity contribution in [2.24, 2.45) is 5.92 Å². The number of methoxy groups -OCH3 is 1. The first-order valence-electron chi connectivity index (χ1n) is 8.85. The topological polar surface area (TPSA) is 42.0 Å². The third kappa shape index (κ3) is 3.90. The van der Waals surface area contributed by atoms with Gasteiger partial charge in [-0.2, -0.15) is 0 Å². The number of anilines is 1. The number of likely N-dealkylation sites (tertiary alicyclic amines) is 1. The van der Waals surface area contributed by atoms with E-state index in [-0.39, 0.29) is 24.1 Å². The molecule has 5 heteroatoms. The molecule has 0 radical (unpaired) electrons. The number of hydrogen-bond donors (Lipinski definition) is 0. The fraction of sp³-hybridized carbons (Fsp3) is 0.632. The second kappa shape index (κ2) is 7.53. The Hall–Kier alpha value is -1.59. The third-order valence-corrected chi connectivity index (χ3v) is 4.95. The minimum atomic E-state index is -0.0818. The molecule has 0 saturated carbocycles. The Kier molecular flexibility index (Phi) is 5.41.